The Hall–Kier alpha value is -0.120. The first kappa shape index (κ1) is 12.3. The number of likely N-dealkylation sites (N-methyl/N-ethyl adjacent to an activating group) is 1. The van der Waals surface area contributed by atoms with Gasteiger partial charge in [0.2, 0.25) is 0 Å². The second kappa shape index (κ2) is 5.48. The first-order valence-electron chi connectivity index (χ1n) is 6.80. The molecular formula is C13H26N2O. The predicted octanol–water partition coefficient (Wildman–Crippen LogP) is 1.76. The van der Waals surface area contributed by atoms with E-state index in [4.69, 9.17) is 10.5 Å². The Kier molecular flexibility index (Phi) is 4.22. The predicted molar refractivity (Wildman–Crippen MR) is 66.5 cm³/mol. The highest BCUT2D eigenvalue weighted by atomic mass is 16.5. The Morgan fingerprint density at radius 3 is 2.56 bits per heavy atom. The maximum atomic E-state index is 6.03. The molecule has 0 aromatic heterocycles. The van der Waals surface area contributed by atoms with E-state index >= 15 is 0 Å². The lowest BCUT2D eigenvalue weighted by molar-refractivity contribution is 0.0205. The number of hydrogen-bond donors (Lipinski definition) is 1. The van der Waals surface area contributed by atoms with Crippen molar-refractivity contribution in [3.63, 3.8) is 0 Å². The van der Waals surface area contributed by atoms with Crippen LogP contribution in [0.4, 0.5) is 0 Å². The van der Waals surface area contributed by atoms with Gasteiger partial charge >= 0.3 is 0 Å². The molecule has 0 amide bonds. The second-order valence-corrected chi connectivity index (χ2v) is 5.50. The van der Waals surface area contributed by atoms with Crippen LogP contribution in [0, 0.1) is 0 Å². The summed E-state index contributed by atoms with van der Waals surface area (Å²) >= 11 is 0. The summed E-state index contributed by atoms with van der Waals surface area (Å²) in [5, 5.41) is 0. The Bertz CT molecular complexity index is 208. The minimum atomic E-state index is 0.268. The third-order valence-corrected chi connectivity index (χ3v) is 4.48. The van der Waals surface area contributed by atoms with Crippen molar-refractivity contribution in [1.29, 1.82) is 0 Å². The Labute approximate surface area is 99.3 Å². The van der Waals surface area contributed by atoms with Gasteiger partial charge in [-0.2, -0.15) is 0 Å². The molecule has 1 heterocycles. The number of rotatable bonds is 4. The topological polar surface area (TPSA) is 38.5 Å². The van der Waals surface area contributed by atoms with Gasteiger partial charge in [-0.1, -0.05) is 19.3 Å². The van der Waals surface area contributed by atoms with Crippen LogP contribution in [-0.4, -0.2) is 43.3 Å². The van der Waals surface area contributed by atoms with Gasteiger partial charge in [0.15, 0.2) is 0 Å². The van der Waals surface area contributed by atoms with E-state index in [1.165, 1.54) is 44.9 Å². The van der Waals surface area contributed by atoms with Crippen molar-refractivity contribution in [2.45, 2.75) is 56.6 Å². The summed E-state index contributed by atoms with van der Waals surface area (Å²) in [6, 6.07) is 0. The molecule has 0 spiro atoms. The summed E-state index contributed by atoms with van der Waals surface area (Å²) in [6.45, 7) is 2.82. The highest BCUT2D eigenvalue weighted by Crippen LogP contribution is 2.32. The van der Waals surface area contributed by atoms with E-state index in [1.807, 2.05) is 0 Å². The molecule has 1 aliphatic heterocycles. The van der Waals surface area contributed by atoms with Crippen LogP contribution in [0.15, 0.2) is 0 Å². The standard InChI is InChI=1S/C13H26N2O/c1-15(10-12-6-5-9-16-12)13(11-14)7-3-2-4-8-13/h12H,2-11,14H2,1H3. The lowest BCUT2D eigenvalue weighted by atomic mass is 9.80. The van der Waals surface area contributed by atoms with Gasteiger partial charge in [0.25, 0.3) is 0 Å². The van der Waals surface area contributed by atoms with Gasteiger partial charge in [-0.3, -0.25) is 4.90 Å². The van der Waals surface area contributed by atoms with E-state index in [2.05, 4.69) is 11.9 Å². The summed E-state index contributed by atoms with van der Waals surface area (Å²) in [6.07, 6.45) is 9.52. The molecule has 1 saturated heterocycles. The molecule has 0 aromatic carbocycles. The first-order valence-corrected chi connectivity index (χ1v) is 6.80. The Morgan fingerprint density at radius 1 is 1.25 bits per heavy atom. The van der Waals surface area contributed by atoms with E-state index in [0.717, 1.165) is 19.7 Å². The fourth-order valence-electron chi connectivity index (χ4n) is 3.24. The summed E-state index contributed by atoms with van der Waals surface area (Å²) < 4.78 is 5.72. The molecule has 2 N–H and O–H groups in total. The van der Waals surface area contributed by atoms with Gasteiger partial charge in [0, 0.05) is 25.2 Å². The summed E-state index contributed by atoms with van der Waals surface area (Å²) in [4.78, 5) is 2.49. The number of nitrogens with zero attached hydrogens (tertiary/aromatic N) is 1. The number of hydrogen-bond acceptors (Lipinski definition) is 3. The van der Waals surface area contributed by atoms with Crippen molar-refractivity contribution in [3.05, 3.63) is 0 Å². The van der Waals surface area contributed by atoms with Crippen molar-refractivity contribution in [2.24, 2.45) is 5.73 Å². The van der Waals surface area contributed by atoms with Gasteiger partial charge in [-0.05, 0) is 32.7 Å². The smallest absolute Gasteiger partial charge is 0.0702 e. The summed E-state index contributed by atoms with van der Waals surface area (Å²) in [5.74, 6) is 0. The highest BCUT2D eigenvalue weighted by molar-refractivity contribution is 4.93. The molecule has 0 aromatic rings. The molecule has 1 aliphatic carbocycles. The summed E-state index contributed by atoms with van der Waals surface area (Å²) in [7, 11) is 2.24. The minimum absolute atomic E-state index is 0.268. The zero-order chi connectivity index (χ0) is 11.4. The molecule has 0 radical (unpaired) electrons. The first-order chi connectivity index (χ1) is 7.77. The highest BCUT2D eigenvalue weighted by Gasteiger charge is 2.35. The van der Waals surface area contributed by atoms with Crippen molar-refractivity contribution in [3.8, 4) is 0 Å². The fraction of sp³-hybridized carbons (Fsp3) is 1.00. The Balaban J connectivity index is 1.91. The molecule has 1 unspecified atom stereocenters. The molecule has 2 aliphatic rings. The quantitative estimate of drug-likeness (QED) is 0.794. The molecule has 1 saturated carbocycles. The van der Waals surface area contributed by atoms with Crippen LogP contribution in [0.5, 0.6) is 0 Å². The molecule has 3 heteroatoms. The third-order valence-electron chi connectivity index (χ3n) is 4.48. The SMILES string of the molecule is CN(CC1CCCO1)C1(CN)CCCCC1. The van der Waals surface area contributed by atoms with Crippen LogP contribution >= 0.6 is 0 Å². The van der Waals surface area contributed by atoms with Gasteiger partial charge in [-0.15, -0.1) is 0 Å². The third kappa shape index (κ3) is 2.58. The lowest BCUT2D eigenvalue weighted by Gasteiger charge is -2.44. The molecule has 0 bridgehead atoms. The van der Waals surface area contributed by atoms with Crippen molar-refractivity contribution in [2.75, 3.05) is 26.7 Å². The molecule has 94 valence electrons. The molecular weight excluding hydrogens is 200 g/mol. The molecule has 3 nitrogen and oxygen atoms in total. The van der Waals surface area contributed by atoms with Crippen LogP contribution in [0.3, 0.4) is 0 Å². The minimum Gasteiger partial charge on any atom is -0.377 e. The van der Waals surface area contributed by atoms with Crippen molar-refractivity contribution < 1.29 is 4.74 Å². The lowest BCUT2D eigenvalue weighted by Crippen LogP contribution is -2.55. The molecule has 1 atom stereocenters. The molecule has 16 heavy (non-hydrogen) atoms. The second-order valence-electron chi connectivity index (χ2n) is 5.50. The van der Waals surface area contributed by atoms with Gasteiger partial charge in [-0.25, -0.2) is 0 Å². The van der Waals surface area contributed by atoms with Crippen molar-refractivity contribution in [1.82, 2.24) is 4.90 Å². The Morgan fingerprint density at radius 2 is 2.00 bits per heavy atom. The van der Waals surface area contributed by atoms with E-state index in [0.29, 0.717) is 6.10 Å². The van der Waals surface area contributed by atoms with E-state index in [1.54, 1.807) is 0 Å². The van der Waals surface area contributed by atoms with Crippen molar-refractivity contribution >= 4 is 0 Å². The van der Waals surface area contributed by atoms with E-state index in [-0.39, 0.29) is 5.54 Å². The maximum absolute atomic E-state index is 6.03. The molecule has 2 fully saturated rings. The number of ether oxygens (including phenoxy) is 1. The van der Waals surface area contributed by atoms with Gasteiger partial charge < -0.3 is 10.5 Å². The normalized spacial score (nSPS) is 29.8. The van der Waals surface area contributed by atoms with Crippen LogP contribution in [0.1, 0.15) is 44.9 Å². The van der Waals surface area contributed by atoms with Gasteiger partial charge in [0.1, 0.15) is 0 Å². The molecule has 2 rings (SSSR count). The average molecular weight is 226 g/mol. The monoisotopic (exact) mass is 226 g/mol. The zero-order valence-electron chi connectivity index (χ0n) is 10.6. The van der Waals surface area contributed by atoms with Gasteiger partial charge in [0.05, 0.1) is 6.10 Å². The largest absolute Gasteiger partial charge is 0.377 e. The van der Waals surface area contributed by atoms with Crippen LogP contribution in [0.2, 0.25) is 0 Å². The van der Waals surface area contributed by atoms with Crippen LogP contribution < -0.4 is 5.73 Å². The van der Waals surface area contributed by atoms with E-state index in [9.17, 15) is 0 Å². The fourth-order valence-corrected chi connectivity index (χ4v) is 3.24. The summed E-state index contributed by atoms with van der Waals surface area (Å²) in [5.41, 5.74) is 6.30. The zero-order valence-corrected chi connectivity index (χ0v) is 10.6. The average Bonchev–Trinajstić information content (AvgIpc) is 2.82. The van der Waals surface area contributed by atoms with Crippen LogP contribution in [-0.2, 0) is 4.74 Å². The number of nitrogens with two attached hydrogens (primary N) is 1. The van der Waals surface area contributed by atoms with E-state index < -0.39 is 0 Å². The van der Waals surface area contributed by atoms with Crippen LogP contribution in [0.25, 0.3) is 0 Å². The maximum Gasteiger partial charge on any atom is 0.0702 e.